The number of nitrogens with two attached hydrogens (primary N) is 1. The SMILES string of the molecule is Cl.N[C@@H](c1cc(F)cc(Br)c1)[C@H](O)C1CCCCC1. The number of rotatable bonds is 3. The van der Waals surface area contributed by atoms with E-state index in [1.54, 1.807) is 6.07 Å². The van der Waals surface area contributed by atoms with Gasteiger partial charge in [0.25, 0.3) is 0 Å². The maximum absolute atomic E-state index is 13.3. The van der Waals surface area contributed by atoms with Gasteiger partial charge in [-0.1, -0.05) is 35.2 Å². The van der Waals surface area contributed by atoms with Crippen molar-refractivity contribution in [1.29, 1.82) is 0 Å². The summed E-state index contributed by atoms with van der Waals surface area (Å²) in [6, 6.07) is 4.06. The van der Waals surface area contributed by atoms with Gasteiger partial charge < -0.3 is 10.8 Å². The van der Waals surface area contributed by atoms with E-state index in [4.69, 9.17) is 5.73 Å². The fourth-order valence-corrected chi connectivity index (χ4v) is 3.22. The van der Waals surface area contributed by atoms with Gasteiger partial charge in [-0.2, -0.15) is 0 Å². The first-order chi connectivity index (χ1) is 8.58. The minimum absolute atomic E-state index is 0. The summed E-state index contributed by atoms with van der Waals surface area (Å²) in [5.74, 6) is -0.0820. The van der Waals surface area contributed by atoms with Crippen LogP contribution in [0.15, 0.2) is 22.7 Å². The molecule has 108 valence electrons. The molecule has 0 aromatic heterocycles. The molecule has 0 radical (unpaired) electrons. The quantitative estimate of drug-likeness (QED) is 0.865. The van der Waals surface area contributed by atoms with E-state index in [-0.39, 0.29) is 24.1 Å². The van der Waals surface area contributed by atoms with Crippen LogP contribution in [-0.2, 0) is 0 Å². The molecule has 2 atom stereocenters. The first-order valence-electron chi connectivity index (χ1n) is 6.47. The van der Waals surface area contributed by atoms with Gasteiger partial charge in [-0.25, -0.2) is 4.39 Å². The highest BCUT2D eigenvalue weighted by Gasteiger charge is 2.27. The number of halogens is 3. The molecule has 1 saturated carbocycles. The van der Waals surface area contributed by atoms with Crippen molar-refractivity contribution >= 4 is 28.3 Å². The van der Waals surface area contributed by atoms with Crippen molar-refractivity contribution in [2.75, 3.05) is 0 Å². The van der Waals surface area contributed by atoms with Gasteiger partial charge in [0, 0.05) is 4.47 Å². The van der Waals surface area contributed by atoms with Gasteiger partial charge in [0.1, 0.15) is 5.82 Å². The smallest absolute Gasteiger partial charge is 0.124 e. The van der Waals surface area contributed by atoms with Crippen molar-refractivity contribution in [3.05, 3.63) is 34.1 Å². The van der Waals surface area contributed by atoms with Gasteiger partial charge in [0.05, 0.1) is 12.1 Å². The number of hydrogen-bond acceptors (Lipinski definition) is 2. The van der Waals surface area contributed by atoms with E-state index in [2.05, 4.69) is 15.9 Å². The molecule has 0 spiro atoms. The standard InChI is InChI=1S/C14H19BrFNO.ClH/c15-11-6-10(7-12(16)8-11)13(17)14(18)9-4-2-1-3-5-9;/h6-9,13-14,18H,1-5,17H2;1H/t13-,14+;/m0./s1. The number of benzene rings is 1. The number of aliphatic hydroxyl groups excluding tert-OH is 1. The summed E-state index contributed by atoms with van der Waals surface area (Å²) >= 11 is 3.25. The van der Waals surface area contributed by atoms with E-state index in [1.807, 2.05) is 0 Å². The predicted octanol–water partition coefficient (Wildman–Crippen LogP) is 3.95. The van der Waals surface area contributed by atoms with E-state index in [9.17, 15) is 9.50 Å². The van der Waals surface area contributed by atoms with Crippen LogP contribution < -0.4 is 5.73 Å². The van der Waals surface area contributed by atoms with Crippen molar-refractivity contribution in [2.45, 2.75) is 44.2 Å². The second kappa shape index (κ2) is 7.58. The third-order valence-corrected chi connectivity index (χ3v) is 4.23. The van der Waals surface area contributed by atoms with Gasteiger partial charge in [-0.15, -0.1) is 12.4 Å². The molecular weight excluding hydrogens is 333 g/mol. The summed E-state index contributed by atoms with van der Waals surface area (Å²) < 4.78 is 14.0. The Labute approximate surface area is 128 Å². The summed E-state index contributed by atoms with van der Waals surface area (Å²) in [7, 11) is 0. The topological polar surface area (TPSA) is 46.2 Å². The lowest BCUT2D eigenvalue weighted by atomic mass is 9.81. The highest BCUT2D eigenvalue weighted by Crippen LogP contribution is 2.32. The zero-order valence-electron chi connectivity index (χ0n) is 10.7. The monoisotopic (exact) mass is 351 g/mol. The molecule has 3 N–H and O–H groups in total. The number of hydrogen-bond donors (Lipinski definition) is 2. The molecule has 1 aliphatic carbocycles. The largest absolute Gasteiger partial charge is 0.391 e. The van der Waals surface area contributed by atoms with Crippen LogP contribution in [0.25, 0.3) is 0 Å². The highest BCUT2D eigenvalue weighted by molar-refractivity contribution is 9.10. The summed E-state index contributed by atoms with van der Waals surface area (Å²) in [4.78, 5) is 0. The first-order valence-corrected chi connectivity index (χ1v) is 7.27. The predicted molar refractivity (Wildman–Crippen MR) is 80.9 cm³/mol. The average Bonchev–Trinajstić information content (AvgIpc) is 2.37. The zero-order valence-corrected chi connectivity index (χ0v) is 13.1. The Morgan fingerprint density at radius 3 is 2.42 bits per heavy atom. The Morgan fingerprint density at radius 1 is 1.21 bits per heavy atom. The van der Waals surface area contributed by atoms with Gasteiger partial charge in [-0.05, 0) is 42.5 Å². The summed E-state index contributed by atoms with van der Waals surface area (Å²) in [5.41, 5.74) is 6.72. The molecule has 0 bridgehead atoms. The second-order valence-electron chi connectivity index (χ2n) is 5.12. The van der Waals surface area contributed by atoms with Crippen LogP contribution >= 0.6 is 28.3 Å². The third-order valence-electron chi connectivity index (χ3n) is 3.77. The molecule has 0 heterocycles. The molecule has 2 rings (SSSR count). The molecule has 1 fully saturated rings. The normalized spacial score (nSPS) is 19.6. The molecule has 1 aliphatic rings. The van der Waals surface area contributed by atoms with Crippen molar-refractivity contribution < 1.29 is 9.50 Å². The van der Waals surface area contributed by atoms with E-state index < -0.39 is 12.1 Å². The highest BCUT2D eigenvalue weighted by atomic mass is 79.9. The Hall–Kier alpha value is -0.160. The fourth-order valence-electron chi connectivity index (χ4n) is 2.73. The lowest BCUT2D eigenvalue weighted by Crippen LogP contribution is -2.34. The van der Waals surface area contributed by atoms with Crippen LogP contribution in [0.2, 0.25) is 0 Å². The van der Waals surface area contributed by atoms with Crippen LogP contribution in [0, 0.1) is 11.7 Å². The molecule has 2 nitrogen and oxygen atoms in total. The summed E-state index contributed by atoms with van der Waals surface area (Å²) in [6.45, 7) is 0. The maximum Gasteiger partial charge on any atom is 0.124 e. The molecule has 5 heteroatoms. The van der Waals surface area contributed by atoms with Crippen molar-refractivity contribution in [3.63, 3.8) is 0 Å². The first kappa shape index (κ1) is 16.9. The molecule has 0 aliphatic heterocycles. The van der Waals surface area contributed by atoms with E-state index in [1.165, 1.54) is 18.6 Å². The lowest BCUT2D eigenvalue weighted by molar-refractivity contribution is 0.0617. The Bertz CT molecular complexity index is 392. The van der Waals surface area contributed by atoms with Gasteiger partial charge in [-0.3, -0.25) is 0 Å². The van der Waals surface area contributed by atoms with Gasteiger partial charge in [0.15, 0.2) is 0 Å². The summed E-state index contributed by atoms with van der Waals surface area (Å²) in [6.07, 6.45) is 5.00. The summed E-state index contributed by atoms with van der Waals surface area (Å²) in [5, 5.41) is 10.3. The van der Waals surface area contributed by atoms with Crippen LogP contribution in [0.5, 0.6) is 0 Å². The Morgan fingerprint density at radius 2 is 1.84 bits per heavy atom. The minimum Gasteiger partial charge on any atom is -0.391 e. The second-order valence-corrected chi connectivity index (χ2v) is 6.03. The molecule has 1 aromatic carbocycles. The average molecular weight is 353 g/mol. The zero-order chi connectivity index (χ0) is 13.1. The van der Waals surface area contributed by atoms with Crippen LogP contribution in [0.3, 0.4) is 0 Å². The van der Waals surface area contributed by atoms with Crippen LogP contribution in [0.4, 0.5) is 4.39 Å². The van der Waals surface area contributed by atoms with Gasteiger partial charge >= 0.3 is 0 Å². The molecular formula is C14H20BrClFNO. The van der Waals surface area contributed by atoms with Crippen molar-refractivity contribution in [1.82, 2.24) is 0 Å². The molecule has 0 saturated heterocycles. The lowest BCUT2D eigenvalue weighted by Gasteiger charge is -2.30. The van der Waals surface area contributed by atoms with Crippen molar-refractivity contribution in [3.8, 4) is 0 Å². The Kier molecular flexibility index (Phi) is 6.74. The fraction of sp³-hybridized carbons (Fsp3) is 0.571. The maximum atomic E-state index is 13.3. The molecule has 0 unspecified atom stereocenters. The number of aliphatic hydroxyl groups is 1. The molecule has 0 amide bonds. The van der Waals surface area contributed by atoms with Crippen LogP contribution in [-0.4, -0.2) is 11.2 Å². The minimum atomic E-state index is -0.584. The van der Waals surface area contributed by atoms with Crippen molar-refractivity contribution in [2.24, 2.45) is 11.7 Å². The van der Waals surface area contributed by atoms with Gasteiger partial charge in [0.2, 0.25) is 0 Å². The molecule has 19 heavy (non-hydrogen) atoms. The van der Waals surface area contributed by atoms with Crippen LogP contribution in [0.1, 0.15) is 43.7 Å². The molecule has 1 aromatic rings. The van der Waals surface area contributed by atoms with E-state index in [0.29, 0.717) is 10.0 Å². The third kappa shape index (κ3) is 4.42. The Balaban J connectivity index is 0.00000180. The van der Waals surface area contributed by atoms with E-state index in [0.717, 1.165) is 25.7 Å². The van der Waals surface area contributed by atoms with E-state index >= 15 is 0 Å².